The molecule has 0 unspecified atom stereocenters. The largest absolute Gasteiger partial charge is 0.315 e. The van der Waals surface area contributed by atoms with E-state index in [2.05, 4.69) is 33.8 Å². The summed E-state index contributed by atoms with van der Waals surface area (Å²) in [4.78, 5) is 16.3. The summed E-state index contributed by atoms with van der Waals surface area (Å²) in [7, 11) is 0. The molecule has 0 aliphatic carbocycles. The van der Waals surface area contributed by atoms with Crippen LogP contribution in [-0.2, 0) is 6.54 Å². The van der Waals surface area contributed by atoms with Gasteiger partial charge < -0.3 is 4.57 Å². The van der Waals surface area contributed by atoms with E-state index in [1.54, 1.807) is 11.8 Å². The predicted molar refractivity (Wildman–Crippen MR) is 82.7 cm³/mol. The molecule has 2 heterocycles. The maximum Gasteiger partial charge on any atom is 0.169 e. The minimum atomic E-state index is 0.723. The number of imidazole rings is 1. The highest BCUT2D eigenvalue weighted by molar-refractivity contribution is 7.99. The van der Waals surface area contributed by atoms with Crippen LogP contribution in [0.3, 0.4) is 0 Å². The number of hydrogen-bond donors (Lipinski definition) is 0. The van der Waals surface area contributed by atoms with Crippen molar-refractivity contribution in [3.05, 3.63) is 34.0 Å². The van der Waals surface area contributed by atoms with Crippen LogP contribution in [0.2, 0.25) is 0 Å². The van der Waals surface area contributed by atoms with Gasteiger partial charge in [0.25, 0.3) is 0 Å². The quantitative estimate of drug-likeness (QED) is 0.790. The zero-order valence-corrected chi connectivity index (χ0v) is 13.1. The summed E-state index contributed by atoms with van der Waals surface area (Å²) in [6, 6.07) is 2.20. The third-order valence-electron chi connectivity index (χ3n) is 4.23. The molecule has 104 valence electrons. The fraction of sp³-hybridized carbons (Fsp3) is 0.375. The average molecular weight is 286 g/mol. The van der Waals surface area contributed by atoms with Crippen molar-refractivity contribution in [3.63, 3.8) is 0 Å². The Morgan fingerprint density at radius 3 is 2.45 bits per heavy atom. The normalized spacial score (nSPS) is 13.6. The van der Waals surface area contributed by atoms with E-state index in [1.165, 1.54) is 22.3 Å². The first kappa shape index (κ1) is 13.4. The van der Waals surface area contributed by atoms with Gasteiger partial charge in [-0.3, -0.25) is 4.79 Å². The second-order valence-corrected chi connectivity index (χ2v) is 6.44. The molecule has 2 aromatic rings. The molecule has 4 heteroatoms. The standard InChI is InChI=1S/C16H18N2OS/c1-9-7-10(2)12(4)14(11(9)3)15-13(8-19)18-5-6-20-16(18)17-15/h7-8H,5-6H2,1-4H3. The number of aromatic nitrogens is 2. The lowest BCUT2D eigenvalue weighted by Crippen LogP contribution is -2.02. The third-order valence-corrected chi connectivity index (χ3v) is 5.19. The van der Waals surface area contributed by atoms with Gasteiger partial charge in [-0.05, 0) is 49.9 Å². The number of aldehydes is 1. The topological polar surface area (TPSA) is 34.9 Å². The highest BCUT2D eigenvalue weighted by atomic mass is 32.2. The monoisotopic (exact) mass is 286 g/mol. The number of rotatable bonds is 2. The van der Waals surface area contributed by atoms with E-state index < -0.39 is 0 Å². The fourth-order valence-corrected chi connectivity index (χ4v) is 3.83. The van der Waals surface area contributed by atoms with Crippen molar-refractivity contribution in [2.45, 2.75) is 39.4 Å². The average Bonchev–Trinajstić information content (AvgIpc) is 2.97. The van der Waals surface area contributed by atoms with Crippen LogP contribution >= 0.6 is 11.8 Å². The molecule has 3 rings (SSSR count). The summed E-state index contributed by atoms with van der Waals surface area (Å²) >= 11 is 1.73. The van der Waals surface area contributed by atoms with Gasteiger partial charge in [-0.1, -0.05) is 17.8 Å². The summed E-state index contributed by atoms with van der Waals surface area (Å²) in [5, 5.41) is 0.972. The SMILES string of the molecule is Cc1cc(C)c(C)c(-c2nc3n(c2C=O)CCS3)c1C. The van der Waals surface area contributed by atoms with Crippen LogP contribution in [0.15, 0.2) is 11.2 Å². The molecule has 3 nitrogen and oxygen atoms in total. The van der Waals surface area contributed by atoms with Gasteiger partial charge in [0.05, 0.1) is 0 Å². The summed E-state index contributed by atoms with van der Waals surface area (Å²) < 4.78 is 2.05. The Hall–Kier alpha value is -1.55. The molecule has 1 aliphatic heterocycles. The van der Waals surface area contributed by atoms with Crippen molar-refractivity contribution >= 4 is 18.0 Å². The molecule has 0 N–H and O–H groups in total. The van der Waals surface area contributed by atoms with Gasteiger partial charge in [0.2, 0.25) is 0 Å². The van der Waals surface area contributed by atoms with E-state index in [0.29, 0.717) is 0 Å². The first-order chi connectivity index (χ1) is 9.54. The van der Waals surface area contributed by atoms with E-state index in [4.69, 9.17) is 4.98 Å². The maximum absolute atomic E-state index is 11.5. The number of carbonyl (C=O) groups is 1. The van der Waals surface area contributed by atoms with Crippen molar-refractivity contribution in [3.8, 4) is 11.3 Å². The van der Waals surface area contributed by atoms with Crippen molar-refractivity contribution in [1.29, 1.82) is 0 Å². The van der Waals surface area contributed by atoms with Crippen LogP contribution in [0.5, 0.6) is 0 Å². The molecule has 1 aromatic carbocycles. The smallest absolute Gasteiger partial charge is 0.169 e. The Labute approximate surface area is 123 Å². The van der Waals surface area contributed by atoms with E-state index in [0.717, 1.165) is 40.7 Å². The van der Waals surface area contributed by atoms with Crippen LogP contribution in [0.1, 0.15) is 32.7 Å². The number of benzene rings is 1. The molecule has 0 radical (unpaired) electrons. The molecule has 1 aliphatic rings. The van der Waals surface area contributed by atoms with E-state index in [9.17, 15) is 4.79 Å². The number of fused-ring (bicyclic) bond motifs is 1. The Balaban J connectivity index is 2.32. The Morgan fingerprint density at radius 2 is 1.85 bits per heavy atom. The molecule has 0 fully saturated rings. The third kappa shape index (κ3) is 1.82. The molecular weight excluding hydrogens is 268 g/mol. The van der Waals surface area contributed by atoms with E-state index in [-0.39, 0.29) is 0 Å². The molecule has 20 heavy (non-hydrogen) atoms. The van der Waals surface area contributed by atoms with Gasteiger partial charge in [-0.25, -0.2) is 4.98 Å². The molecule has 0 amide bonds. The van der Waals surface area contributed by atoms with Gasteiger partial charge in [-0.2, -0.15) is 0 Å². The molecule has 1 aromatic heterocycles. The van der Waals surface area contributed by atoms with Gasteiger partial charge in [0, 0.05) is 17.9 Å². The summed E-state index contributed by atoms with van der Waals surface area (Å²) in [5.74, 6) is 1.01. The molecular formula is C16H18N2OS. The Bertz CT molecular complexity index is 690. The zero-order valence-electron chi connectivity index (χ0n) is 12.3. The van der Waals surface area contributed by atoms with Gasteiger partial charge in [0.1, 0.15) is 11.4 Å². The highest BCUT2D eigenvalue weighted by Crippen LogP contribution is 2.37. The van der Waals surface area contributed by atoms with Crippen molar-refractivity contribution < 1.29 is 4.79 Å². The number of hydrogen-bond acceptors (Lipinski definition) is 3. The van der Waals surface area contributed by atoms with Crippen molar-refractivity contribution in [2.24, 2.45) is 0 Å². The minimum absolute atomic E-state index is 0.723. The van der Waals surface area contributed by atoms with Crippen LogP contribution in [-0.4, -0.2) is 21.6 Å². The van der Waals surface area contributed by atoms with E-state index in [1.807, 2.05) is 4.57 Å². The second-order valence-electron chi connectivity index (χ2n) is 5.38. The van der Waals surface area contributed by atoms with Gasteiger partial charge >= 0.3 is 0 Å². The fourth-order valence-electron chi connectivity index (χ4n) is 2.87. The number of aryl methyl sites for hydroxylation is 2. The van der Waals surface area contributed by atoms with Crippen LogP contribution in [0, 0.1) is 27.7 Å². The lowest BCUT2D eigenvalue weighted by Gasteiger charge is -2.14. The second kappa shape index (κ2) is 4.77. The lowest BCUT2D eigenvalue weighted by molar-refractivity contribution is 0.111. The number of nitrogens with zero attached hydrogens (tertiary/aromatic N) is 2. The molecule has 0 bridgehead atoms. The Kier molecular flexibility index (Phi) is 3.21. The first-order valence-electron chi connectivity index (χ1n) is 6.81. The summed E-state index contributed by atoms with van der Waals surface area (Å²) in [5.41, 5.74) is 7.65. The minimum Gasteiger partial charge on any atom is -0.315 e. The van der Waals surface area contributed by atoms with Crippen molar-refractivity contribution in [1.82, 2.24) is 9.55 Å². The number of carbonyl (C=O) groups excluding carboxylic acids is 1. The molecule has 0 spiro atoms. The molecule has 0 atom stereocenters. The lowest BCUT2D eigenvalue weighted by atomic mass is 9.91. The zero-order chi connectivity index (χ0) is 14.4. The molecule has 0 saturated heterocycles. The van der Waals surface area contributed by atoms with Gasteiger partial charge in [-0.15, -0.1) is 0 Å². The predicted octanol–water partition coefficient (Wildman–Crippen LogP) is 3.70. The molecule has 0 saturated carbocycles. The highest BCUT2D eigenvalue weighted by Gasteiger charge is 2.24. The van der Waals surface area contributed by atoms with E-state index >= 15 is 0 Å². The van der Waals surface area contributed by atoms with Crippen LogP contribution in [0.25, 0.3) is 11.3 Å². The Morgan fingerprint density at radius 1 is 1.20 bits per heavy atom. The van der Waals surface area contributed by atoms with Crippen LogP contribution < -0.4 is 0 Å². The first-order valence-corrected chi connectivity index (χ1v) is 7.79. The number of thioether (sulfide) groups is 1. The van der Waals surface area contributed by atoms with Gasteiger partial charge in [0.15, 0.2) is 11.4 Å². The maximum atomic E-state index is 11.5. The van der Waals surface area contributed by atoms with Crippen molar-refractivity contribution in [2.75, 3.05) is 5.75 Å². The summed E-state index contributed by atoms with van der Waals surface area (Å²) in [6.45, 7) is 9.34. The summed E-state index contributed by atoms with van der Waals surface area (Å²) in [6.07, 6.45) is 0.953. The van der Waals surface area contributed by atoms with Crippen LogP contribution in [0.4, 0.5) is 0 Å².